The number of H-pyrrole nitrogens is 1. The lowest BCUT2D eigenvalue weighted by molar-refractivity contribution is 0.211. The maximum Gasteiger partial charge on any atom is 0.178 e. The van der Waals surface area contributed by atoms with E-state index in [0.29, 0.717) is 22.8 Å². The monoisotopic (exact) mass is 284 g/mol. The number of imidazole rings is 1. The van der Waals surface area contributed by atoms with Crippen LogP contribution in [0.1, 0.15) is 27.7 Å². The lowest BCUT2D eigenvalue weighted by Gasteiger charge is -2.29. The van der Waals surface area contributed by atoms with Gasteiger partial charge in [-0.3, -0.25) is 0 Å². The Bertz CT molecular complexity index is 668. The highest BCUT2D eigenvalue weighted by Crippen LogP contribution is 2.30. The molecule has 2 aromatic rings. The summed E-state index contributed by atoms with van der Waals surface area (Å²) in [5.41, 5.74) is 0.734. The van der Waals surface area contributed by atoms with Crippen molar-refractivity contribution in [3.8, 4) is 0 Å². The summed E-state index contributed by atoms with van der Waals surface area (Å²) >= 11 is 5.23. The van der Waals surface area contributed by atoms with E-state index in [0.717, 1.165) is 6.07 Å². The fraction of sp³-hybridized carbons (Fsp3) is 0.500. The van der Waals surface area contributed by atoms with Crippen molar-refractivity contribution in [2.45, 2.75) is 34.2 Å². The predicted molar refractivity (Wildman–Crippen MR) is 75.7 cm³/mol. The van der Waals surface area contributed by atoms with Gasteiger partial charge in [0, 0.05) is 12.6 Å². The van der Waals surface area contributed by atoms with E-state index in [-0.39, 0.29) is 10.9 Å². The number of rotatable bonds is 3. The first-order valence-electron chi connectivity index (χ1n) is 6.30. The van der Waals surface area contributed by atoms with Crippen molar-refractivity contribution >= 4 is 23.3 Å². The van der Waals surface area contributed by atoms with Gasteiger partial charge in [-0.1, -0.05) is 27.7 Å². The van der Waals surface area contributed by atoms with Crippen molar-refractivity contribution in [2.24, 2.45) is 11.3 Å². The lowest BCUT2D eigenvalue weighted by Crippen LogP contribution is -2.25. The van der Waals surface area contributed by atoms with Gasteiger partial charge in [0.25, 0.3) is 0 Å². The largest absolute Gasteiger partial charge is 0.328 e. The van der Waals surface area contributed by atoms with Gasteiger partial charge in [0.15, 0.2) is 10.6 Å². The summed E-state index contributed by atoms with van der Waals surface area (Å²) in [5, 5.41) is 0. The summed E-state index contributed by atoms with van der Waals surface area (Å²) in [6, 6.07) is 2.19. The molecule has 0 spiro atoms. The molecule has 1 aromatic heterocycles. The van der Waals surface area contributed by atoms with E-state index in [9.17, 15) is 8.78 Å². The highest BCUT2D eigenvalue weighted by atomic mass is 32.1. The second-order valence-corrected chi connectivity index (χ2v) is 6.33. The zero-order chi connectivity index (χ0) is 14.4. The molecule has 0 unspecified atom stereocenters. The SMILES string of the molecule is CC(C)C(C)(C)Cn1c(=S)[nH]c2c(F)cc(F)cc21. The van der Waals surface area contributed by atoms with Crippen molar-refractivity contribution in [1.29, 1.82) is 0 Å². The summed E-state index contributed by atoms with van der Waals surface area (Å²) in [5.74, 6) is -0.768. The van der Waals surface area contributed by atoms with Crippen LogP contribution in [0.2, 0.25) is 0 Å². The molecule has 0 radical (unpaired) electrons. The van der Waals surface area contributed by atoms with Crippen LogP contribution in [0, 0.1) is 27.7 Å². The Balaban J connectivity index is 2.61. The molecule has 2 nitrogen and oxygen atoms in total. The topological polar surface area (TPSA) is 20.7 Å². The Morgan fingerprint density at radius 3 is 2.53 bits per heavy atom. The van der Waals surface area contributed by atoms with Crippen molar-refractivity contribution < 1.29 is 8.78 Å². The van der Waals surface area contributed by atoms with Crippen molar-refractivity contribution in [3.63, 3.8) is 0 Å². The van der Waals surface area contributed by atoms with Crippen molar-refractivity contribution in [1.82, 2.24) is 9.55 Å². The van der Waals surface area contributed by atoms with E-state index in [2.05, 4.69) is 32.7 Å². The molecule has 0 aliphatic heterocycles. The van der Waals surface area contributed by atoms with Crippen LogP contribution in [0.3, 0.4) is 0 Å². The Labute approximate surface area is 116 Å². The zero-order valence-corrected chi connectivity index (χ0v) is 12.4. The molecule has 19 heavy (non-hydrogen) atoms. The van der Waals surface area contributed by atoms with Crippen LogP contribution in [-0.2, 0) is 6.54 Å². The summed E-state index contributed by atoms with van der Waals surface area (Å²) in [7, 11) is 0. The molecule has 1 aromatic carbocycles. The van der Waals surface area contributed by atoms with E-state index in [1.807, 2.05) is 0 Å². The molecule has 104 valence electrons. The maximum atomic E-state index is 13.7. The predicted octanol–water partition coefficient (Wildman–Crippen LogP) is 4.66. The minimum Gasteiger partial charge on any atom is -0.328 e. The van der Waals surface area contributed by atoms with E-state index >= 15 is 0 Å². The molecule has 0 saturated carbocycles. The van der Waals surface area contributed by atoms with Crippen LogP contribution < -0.4 is 0 Å². The summed E-state index contributed by atoms with van der Waals surface area (Å²) < 4.78 is 29.3. The van der Waals surface area contributed by atoms with E-state index in [1.54, 1.807) is 4.57 Å². The van der Waals surface area contributed by atoms with Crippen molar-refractivity contribution in [3.05, 3.63) is 28.5 Å². The molecule has 0 amide bonds. The van der Waals surface area contributed by atoms with Crippen LogP contribution in [0.15, 0.2) is 12.1 Å². The Morgan fingerprint density at radius 2 is 1.95 bits per heavy atom. The molecule has 0 saturated heterocycles. The van der Waals surface area contributed by atoms with Crippen LogP contribution in [0.4, 0.5) is 8.78 Å². The minimum absolute atomic E-state index is 0.0177. The van der Waals surface area contributed by atoms with Crippen LogP contribution >= 0.6 is 12.2 Å². The average Bonchev–Trinajstić information content (AvgIpc) is 2.56. The zero-order valence-electron chi connectivity index (χ0n) is 11.6. The molecule has 1 heterocycles. The van der Waals surface area contributed by atoms with Crippen molar-refractivity contribution in [2.75, 3.05) is 0 Å². The summed E-state index contributed by atoms with van der Waals surface area (Å²) in [6.45, 7) is 9.10. The van der Waals surface area contributed by atoms with Crippen LogP contribution in [0.5, 0.6) is 0 Å². The number of nitrogens with one attached hydrogen (secondary N) is 1. The first-order chi connectivity index (χ1) is 8.72. The van der Waals surface area contributed by atoms with Crippen LogP contribution in [0.25, 0.3) is 11.0 Å². The highest BCUT2D eigenvalue weighted by Gasteiger charge is 2.24. The number of aromatic amines is 1. The van der Waals surface area contributed by atoms with Gasteiger partial charge in [-0.05, 0) is 29.6 Å². The molecule has 0 fully saturated rings. The van der Waals surface area contributed by atoms with Gasteiger partial charge >= 0.3 is 0 Å². The first-order valence-corrected chi connectivity index (χ1v) is 6.71. The highest BCUT2D eigenvalue weighted by molar-refractivity contribution is 7.71. The Hall–Kier alpha value is -1.23. The number of nitrogens with zero attached hydrogens (tertiary/aromatic N) is 1. The molecule has 0 aliphatic carbocycles. The number of halogens is 2. The van der Waals surface area contributed by atoms with Gasteiger partial charge in [0.1, 0.15) is 11.3 Å². The smallest absolute Gasteiger partial charge is 0.178 e. The van der Waals surface area contributed by atoms with Crippen LogP contribution in [-0.4, -0.2) is 9.55 Å². The minimum atomic E-state index is -0.609. The summed E-state index contributed by atoms with van der Waals surface area (Å²) in [4.78, 5) is 2.82. The third-order valence-electron chi connectivity index (χ3n) is 3.93. The van der Waals surface area contributed by atoms with Gasteiger partial charge in [0.05, 0.1) is 5.52 Å². The molecule has 5 heteroatoms. The lowest BCUT2D eigenvalue weighted by atomic mass is 9.81. The average molecular weight is 284 g/mol. The van der Waals surface area contributed by atoms with E-state index < -0.39 is 11.6 Å². The van der Waals surface area contributed by atoms with Gasteiger partial charge < -0.3 is 9.55 Å². The third-order valence-corrected chi connectivity index (χ3v) is 4.25. The second-order valence-electron chi connectivity index (χ2n) is 5.94. The number of hydrogen-bond donors (Lipinski definition) is 1. The molecule has 0 aliphatic rings. The molecule has 0 bridgehead atoms. The van der Waals surface area contributed by atoms with E-state index in [1.165, 1.54) is 6.07 Å². The van der Waals surface area contributed by atoms with Gasteiger partial charge in [-0.15, -0.1) is 0 Å². The standard InChI is InChI=1S/C14H18F2N2S/c1-8(2)14(3,4)7-18-11-6-9(15)5-10(16)12(11)17-13(18)19/h5-6,8H,7H2,1-4H3,(H,17,19). The number of benzene rings is 1. The number of hydrogen-bond acceptors (Lipinski definition) is 1. The number of aromatic nitrogens is 2. The first kappa shape index (κ1) is 14.2. The number of fused-ring (bicyclic) bond motifs is 1. The van der Waals surface area contributed by atoms with E-state index in [4.69, 9.17) is 12.2 Å². The van der Waals surface area contributed by atoms with Gasteiger partial charge in [-0.25, -0.2) is 8.78 Å². The van der Waals surface area contributed by atoms with Gasteiger partial charge in [-0.2, -0.15) is 0 Å². The fourth-order valence-electron chi connectivity index (χ4n) is 1.93. The molecular formula is C14H18F2N2S. The summed E-state index contributed by atoms with van der Waals surface area (Å²) in [6.07, 6.45) is 0. The molecule has 0 atom stereocenters. The Morgan fingerprint density at radius 1 is 1.32 bits per heavy atom. The fourth-order valence-corrected chi connectivity index (χ4v) is 2.19. The third kappa shape index (κ3) is 2.56. The normalized spacial score (nSPS) is 12.6. The second kappa shape index (κ2) is 4.71. The van der Waals surface area contributed by atoms with Gasteiger partial charge in [0.2, 0.25) is 0 Å². The maximum absolute atomic E-state index is 13.7. The molecule has 2 rings (SSSR count). The molecule has 1 N–H and O–H groups in total. The quantitative estimate of drug-likeness (QED) is 0.813. The molecular weight excluding hydrogens is 266 g/mol. The Kier molecular flexibility index (Phi) is 3.51.